The highest BCUT2D eigenvalue weighted by atomic mass is 16.5. The van der Waals surface area contributed by atoms with E-state index in [-0.39, 0.29) is 18.6 Å². The van der Waals surface area contributed by atoms with Gasteiger partial charge in [0, 0.05) is 12.6 Å². The molecule has 0 spiro atoms. The Labute approximate surface area is 112 Å². The predicted molar refractivity (Wildman–Crippen MR) is 73.2 cm³/mol. The van der Waals surface area contributed by atoms with Crippen molar-refractivity contribution in [1.29, 1.82) is 0 Å². The molecular formula is C14H19N3O2. The van der Waals surface area contributed by atoms with Gasteiger partial charge in [0.2, 0.25) is 0 Å². The first-order valence-electron chi connectivity index (χ1n) is 6.66. The summed E-state index contributed by atoms with van der Waals surface area (Å²) in [6.45, 7) is 2.08. The van der Waals surface area contributed by atoms with Crippen LogP contribution in [0.15, 0.2) is 24.3 Å². The van der Waals surface area contributed by atoms with Crippen molar-refractivity contribution in [3.05, 3.63) is 30.1 Å². The number of benzene rings is 1. The highest BCUT2D eigenvalue weighted by Gasteiger charge is 2.32. The Balaban J connectivity index is 2.08. The largest absolute Gasteiger partial charge is 0.395 e. The molecule has 1 saturated heterocycles. The van der Waals surface area contributed by atoms with Crippen LogP contribution in [-0.4, -0.2) is 47.6 Å². The first-order valence-corrected chi connectivity index (χ1v) is 6.66. The average molecular weight is 261 g/mol. The van der Waals surface area contributed by atoms with Crippen LogP contribution in [0.2, 0.25) is 0 Å². The smallest absolute Gasteiger partial charge is 0.117 e. The Kier molecular flexibility index (Phi) is 3.50. The summed E-state index contributed by atoms with van der Waals surface area (Å²) >= 11 is 0. The molecule has 5 nitrogen and oxygen atoms in total. The second-order valence-electron chi connectivity index (χ2n) is 4.87. The van der Waals surface area contributed by atoms with Crippen molar-refractivity contribution in [2.24, 2.45) is 0 Å². The van der Waals surface area contributed by atoms with Gasteiger partial charge in [-0.15, -0.1) is 0 Å². The summed E-state index contributed by atoms with van der Waals surface area (Å²) < 4.78 is 7.68. The Morgan fingerprint density at radius 2 is 2.26 bits per heavy atom. The van der Waals surface area contributed by atoms with Crippen molar-refractivity contribution < 1.29 is 9.84 Å². The lowest BCUT2D eigenvalue weighted by Gasteiger charge is -2.17. The fraction of sp³-hybridized carbons (Fsp3) is 0.500. The van der Waals surface area contributed by atoms with Gasteiger partial charge in [0.1, 0.15) is 5.82 Å². The van der Waals surface area contributed by atoms with E-state index in [1.807, 2.05) is 31.3 Å². The molecule has 2 atom stereocenters. The predicted octanol–water partition coefficient (Wildman–Crippen LogP) is 0.730. The van der Waals surface area contributed by atoms with Crippen LogP contribution in [0.3, 0.4) is 0 Å². The van der Waals surface area contributed by atoms with Crippen LogP contribution in [-0.2, 0) is 11.3 Å². The third kappa shape index (κ3) is 2.14. The van der Waals surface area contributed by atoms with Gasteiger partial charge in [-0.1, -0.05) is 12.1 Å². The molecule has 0 amide bonds. The van der Waals surface area contributed by atoms with Gasteiger partial charge in [-0.3, -0.25) is 0 Å². The standard InChI is InChI=1S/C14H19N3O2/c1-15-12-9-19-8-10(12)14-16-11-4-2-3-5-13(11)17(14)6-7-18/h2-5,10,12,15,18H,6-9H2,1H3. The number of rotatable bonds is 4. The minimum atomic E-state index is 0.116. The van der Waals surface area contributed by atoms with E-state index < -0.39 is 0 Å². The summed E-state index contributed by atoms with van der Waals surface area (Å²) in [6, 6.07) is 8.34. The van der Waals surface area contributed by atoms with E-state index in [1.54, 1.807) is 0 Å². The Morgan fingerprint density at radius 1 is 1.42 bits per heavy atom. The maximum Gasteiger partial charge on any atom is 0.117 e. The number of likely N-dealkylation sites (N-methyl/N-ethyl adjacent to an activating group) is 1. The molecule has 3 rings (SSSR count). The number of nitrogens with zero attached hydrogens (tertiary/aromatic N) is 2. The van der Waals surface area contributed by atoms with Crippen molar-refractivity contribution >= 4 is 11.0 Å². The van der Waals surface area contributed by atoms with E-state index in [4.69, 9.17) is 9.72 Å². The zero-order chi connectivity index (χ0) is 13.2. The molecule has 0 bridgehead atoms. The number of aliphatic hydroxyl groups excluding tert-OH is 1. The van der Waals surface area contributed by atoms with Crippen LogP contribution >= 0.6 is 0 Å². The number of ether oxygens (including phenoxy) is 1. The van der Waals surface area contributed by atoms with Crippen LogP contribution in [0.4, 0.5) is 0 Å². The number of aliphatic hydroxyl groups is 1. The SMILES string of the molecule is CNC1COCC1c1nc2ccccc2n1CCO. The molecule has 1 fully saturated rings. The van der Waals surface area contributed by atoms with Crippen molar-refractivity contribution in [1.82, 2.24) is 14.9 Å². The molecule has 1 aliphatic rings. The highest BCUT2D eigenvalue weighted by Crippen LogP contribution is 2.28. The van der Waals surface area contributed by atoms with Crippen molar-refractivity contribution in [2.45, 2.75) is 18.5 Å². The summed E-state index contributed by atoms with van der Waals surface area (Å²) in [5.41, 5.74) is 2.06. The van der Waals surface area contributed by atoms with Gasteiger partial charge in [-0.2, -0.15) is 0 Å². The number of aromatic nitrogens is 2. The van der Waals surface area contributed by atoms with Crippen molar-refractivity contribution in [3.8, 4) is 0 Å². The van der Waals surface area contributed by atoms with Crippen LogP contribution in [0.5, 0.6) is 0 Å². The summed E-state index contributed by atoms with van der Waals surface area (Å²) in [5.74, 6) is 1.25. The van der Waals surface area contributed by atoms with Crippen LogP contribution in [0.25, 0.3) is 11.0 Å². The van der Waals surface area contributed by atoms with E-state index in [0.717, 1.165) is 16.9 Å². The molecule has 5 heteroatoms. The Hall–Kier alpha value is -1.43. The first-order chi connectivity index (χ1) is 9.35. The molecule has 102 valence electrons. The summed E-state index contributed by atoms with van der Waals surface area (Å²) in [7, 11) is 1.95. The number of nitrogens with one attached hydrogen (secondary N) is 1. The zero-order valence-electron chi connectivity index (χ0n) is 11.0. The van der Waals surface area contributed by atoms with Crippen LogP contribution < -0.4 is 5.32 Å². The second kappa shape index (κ2) is 5.28. The summed E-state index contributed by atoms with van der Waals surface area (Å²) in [5, 5.41) is 12.6. The fourth-order valence-electron chi connectivity index (χ4n) is 2.81. The lowest BCUT2D eigenvalue weighted by atomic mass is 10.0. The number of hydrogen-bond acceptors (Lipinski definition) is 4. The number of hydrogen-bond donors (Lipinski definition) is 2. The van der Waals surface area contributed by atoms with E-state index in [0.29, 0.717) is 19.8 Å². The number of para-hydroxylation sites is 2. The average Bonchev–Trinajstić information content (AvgIpc) is 3.03. The van der Waals surface area contributed by atoms with Gasteiger partial charge in [0.05, 0.1) is 36.8 Å². The minimum absolute atomic E-state index is 0.116. The maximum absolute atomic E-state index is 9.29. The van der Waals surface area contributed by atoms with Crippen molar-refractivity contribution in [2.75, 3.05) is 26.9 Å². The van der Waals surface area contributed by atoms with E-state index in [2.05, 4.69) is 9.88 Å². The molecule has 19 heavy (non-hydrogen) atoms. The molecule has 1 aromatic carbocycles. The molecule has 2 aromatic rings. The Morgan fingerprint density at radius 3 is 3.05 bits per heavy atom. The molecule has 1 aliphatic heterocycles. The molecule has 2 N–H and O–H groups in total. The van der Waals surface area contributed by atoms with Gasteiger partial charge < -0.3 is 19.7 Å². The fourth-order valence-corrected chi connectivity index (χ4v) is 2.81. The van der Waals surface area contributed by atoms with Crippen LogP contribution in [0, 0.1) is 0 Å². The van der Waals surface area contributed by atoms with Gasteiger partial charge in [0.15, 0.2) is 0 Å². The van der Waals surface area contributed by atoms with E-state index in [1.165, 1.54) is 0 Å². The number of fused-ring (bicyclic) bond motifs is 1. The molecule has 2 unspecified atom stereocenters. The van der Waals surface area contributed by atoms with Gasteiger partial charge in [0.25, 0.3) is 0 Å². The number of imidazole rings is 1. The quantitative estimate of drug-likeness (QED) is 0.852. The van der Waals surface area contributed by atoms with Gasteiger partial charge >= 0.3 is 0 Å². The lowest BCUT2D eigenvalue weighted by Crippen LogP contribution is -2.32. The zero-order valence-corrected chi connectivity index (χ0v) is 11.0. The van der Waals surface area contributed by atoms with E-state index in [9.17, 15) is 5.11 Å². The molecule has 0 saturated carbocycles. The van der Waals surface area contributed by atoms with E-state index >= 15 is 0 Å². The lowest BCUT2D eigenvalue weighted by molar-refractivity contribution is 0.187. The molecular weight excluding hydrogens is 242 g/mol. The van der Waals surface area contributed by atoms with Crippen molar-refractivity contribution in [3.63, 3.8) is 0 Å². The normalized spacial score (nSPS) is 23.3. The molecule has 2 heterocycles. The topological polar surface area (TPSA) is 59.3 Å². The monoisotopic (exact) mass is 261 g/mol. The third-order valence-electron chi connectivity index (χ3n) is 3.79. The van der Waals surface area contributed by atoms with Crippen LogP contribution in [0.1, 0.15) is 11.7 Å². The minimum Gasteiger partial charge on any atom is -0.395 e. The highest BCUT2D eigenvalue weighted by molar-refractivity contribution is 5.76. The van der Waals surface area contributed by atoms with Gasteiger partial charge in [-0.25, -0.2) is 4.98 Å². The summed E-state index contributed by atoms with van der Waals surface area (Å²) in [6.07, 6.45) is 0. The third-order valence-corrected chi connectivity index (χ3v) is 3.79. The first kappa shape index (κ1) is 12.6. The molecule has 0 aliphatic carbocycles. The molecule has 0 radical (unpaired) electrons. The summed E-state index contributed by atoms with van der Waals surface area (Å²) in [4.78, 5) is 4.74. The Bertz CT molecular complexity index is 567. The second-order valence-corrected chi connectivity index (χ2v) is 4.87. The maximum atomic E-state index is 9.29. The van der Waals surface area contributed by atoms with Gasteiger partial charge in [-0.05, 0) is 19.2 Å². The molecule has 1 aromatic heterocycles.